The van der Waals surface area contributed by atoms with Crippen molar-refractivity contribution in [1.29, 1.82) is 0 Å². The molecule has 0 saturated carbocycles. The number of hydrogen-bond donors (Lipinski definition) is 1. The van der Waals surface area contributed by atoms with Gasteiger partial charge in [0, 0.05) is 29.6 Å². The molecule has 0 spiro atoms. The maximum atomic E-state index is 5.89. The van der Waals surface area contributed by atoms with Crippen molar-refractivity contribution in [1.82, 2.24) is 4.57 Å². The zero-order chi connectivity index (χ0) is 10.7. The van der Waals surface area contributed by atoms with Crippen molar-refractivity contribution < 1.29 is 0 Å². The van der Waals surface area contributed by atoms with Gasteiger partial charge in [-0.3, -0.25) is 0 Å². The van der Waals surface area contributed by atoms with Gasteiger partial charge in [0.05, 0.1) is 6.54 Å². The Balaban J connectivity index is 2.02. The Labute approximate surface area is 94.5 Å². The van der Waals surface area contributed by atoms with Crippen molar-refractivity contribution in [2.24, 2.45) is 7.05 Å². The lowest BCUT2D eigenvalue weighted by molar-refractivity contribution is 0.842. The number of benzene rings is 1. The molecule has 0 atom stereocenters. The van der Waals surface area contributed by atoms with Crippen LogP contribution in [0.4, 0.5) is 5.69 Å². The molecular weight excluding hydrogens is 208 g/mol. The topological polar surface area (TPSA) is 17.0 Å². The molecule has 0 bridgehead atoms. The lowest BCUT2D eigenvalue weighted by Gasteiger charge is -2.07. The van der Waals surface area contributed by atoms with Crippen LogP contribution in [0.5, 0.6) is 0 Å². The summed E-state index contributed by atoms with van der Waals surface area (Å²) in [6.45, 7) is 0.809. The Morgan fingerprint density at radius 1 is 1.27 bits per heavy atom. The number of aryl methyl sites for hydroxylation is 1. The van der Waals surface area contributed by atoms with E-state index in [1.165, 1.54) is 5.69 Å². The summed E-state index contributed by atoms with van der Waals surface area (Å²) < 4.78 is 2.09. The van der Waals surface area contributed by atoms with Crippen LogP contribution in [-0.4, -0.2) is 4.57 Å². The number of halogens is 1. The maximum absolute atomic E-state index is 5.89. The monoisotopic (exact) mass is 220 g/mol. The number of anilines is 1. The highest BCUT2D eigenvalue weighted by molar-refractivity contribution is 6.30. The maximum Gasteiger partial charge on any atom is 0.0553 e. The number of nitrogens with zero attached hydrogens (tertiary/aromatic N) is 1. The van der Waals surface area contributed by atoms with E-state index in [0.717, 1.165) is 17.3 Å². The fourth-order valence-corrected chi connectivity index (χ4v) is 1.66. The standard InChI is InChI=1S/C12H13ClN2/c1-15-7-3-6-12(15)9-14-11-5-2-4-10(13)8-11/h2-8,14H,9H2,1H3. The minimum absolute atomic E-state index is 0.756. The first-order valence-corrected chi connectivity index (χ1v) is 5.23. The first-order chi connectivity index (χ1) is 7.25. The van der Waals surface area contributed by atoms with Crippen LogP contribution in [0.15, 0.2) is 42.6 Å². The normalized spacial score (nSPS) is 10.3. The van der Waals surface area contributed by atoms with Gasteiger partial charge in [-0.05, 0) is 30.3 Å². The van der Waals surface area contributed by atoms with Crippen LogP contribution in [0, 0.1) is 0 Å². The van der Waals surface area contributed by atoms with Crippen molar-refractivity contribution in [2.75, 3.05) is 5.32 Å². The molecule has 2 aromatic rings. The predicted molar refractivity (Wildman–Crippen MR) is 64.2 cm³/mol. The van der Waals surface area contributed by atoms with Gasteiger partial charge in [0.25, 0.3) is 0 Å². The van der Waals surface area contributed by atoms with Gasteiger partial charge in [0.2, 0.25) is 0 Å². The van der Waals surface area contributed by atoms with Gasteiger partial charge >= 0.3 is 0 Å². The summed E-state index contributed by atoms with van der Waals surface area (Å²) in [7, 11) is 2.04. The van der Waals surface area contributed by atoms with Gasteiger partial charge in [-0.25, -0.2) is 0 Å². The van der Waals surface area contributed by atoms with Crippen LogP contribution in [0.1, 0.15) is 5.69 Å². The fourth-order valence-electron chi connectivity index (χ4n) is 1.47. The first kappa shape index (κ1) is 10.1. The van der Waals surface area contributed by atoms with Gasteiger partial charge in [-0.15, -0.1) is 0 Å². The highest BCUT2D eigenvalue weighted by atomic mass is 35.5. The van der Waals surface area contributed by atoms with E-state index in [1.54, 1.807) is 0 Å². The van der Waals surface area contributed by atoms with E-state index in [1.807, 2.05) is 43.6 Å². The van der Waals surface area contributed by atoms with Crippen LogP contribution in [-0.2, 0) is 13.6 Å². The summed E-state index contributed by atoms with van der Waals surface area (Å²) in [5.74, 6) is 0. The molecule has 1 N–H and O–H groups in total. The first-order valence-electron chi connectivity index (χ1n) is 4.85. The molecule has 0 fully saturated rings. The van der Waals surface area contributed by atoms with E-state index in [-0.39, 0.29) is 0 Å². The summed E-state index contributed by atoms with van der Waals surface area (Å²) in [5.41, 5.74) is 2.29. The number of nitrogens with one attached hydrogen (secondary N) is 1. The van der Waals surface area contributed by atoms with Crippen molar-refractivity contribution in [3.8, 4) is 0 Å². The molecule has 0 saturated heterocycles. The minimum atomic E-state index is 0.756. The predicted octanol–water partition coefficient (Wildman–Crippen LogP) is 3.29. The molecule has 0 unspecified atom stereocenters. The Morgan fingerprint density at radius 3 is 2.80 bits per heavy atom. The third-order valence-electron chi connectivity index (χ3n) is 2.35. The molecule has 3 heteroatoms. The summed E-state index contributed by atoms with van der Waals surface area (Å²) in [6, 6.07) is 11.9. The molecule has 1 aromatic heterocycles. The second kappa shape index (κ2) is 4.41. The molecule has 15 heavy (non-hydrogen) atoms. The smallest absolute Gasteiger partial charge is 0.0553 e. The molecule has 0 aliphatic heterocycles. The molecule has 2 nitrogen and oxygen atoms in total. The van der Waals surface area contributed by atoms with Crippen LogP contribution < -0.4 is 5.32 Å². The second-order valence-electron chi connectivity index (χ2n) is 3.47. The molecular formula is C12H13ClN2. The fraction of sp³-hybridized carbons (Fsp3) is 0.167. The van der Waals surface area contributed by atoms with Crippen molar-refractivity contribution in [2.45, 2.75) is 6.54 Å². The molecule has 0 amide bonds. The summed E-state index contributed by atoms with van der Waals surface area (Å²) >= 11 is 5.89. The molecule has 1 aromatic carbocycles. The van der Waals surface area contributed by atoms with E-state index in [0.29, 0.717) is 0 Å². The highest BCUT2D eigenvalue weighted by Gasteiger charge is 1.97. The third-order valence-corrected chi connectivity index (χ3v) is 2.58. The van der Waals surface area contributed by atoms with Crippen molar-refractivity contribution >= 4 is 17.3 Å². The summed E-state index contributed by atoms with van der Waals surface area (Å²) in [4.78, 5) is 0. The van der Waals surface area contributed by atoms with Crippen LogP contribution in [0.3, 0.4) is 0 Å². The van der Waals surface area contributed by atoms with E-state index >= 15 is 0 Å². The van der Waals surface area contributed by atoms with E-state index in [4.69, 9.17) is 11.6 Å². The quantitative estimate of drug-likeness (QED) is 0.840. The Hall–Kier alpha value is -1.41. The van der Waals surface area contributed by atoms with Crippen LogP contribution >= 0.6 is 11.6 Å². The molecule has 0 aliphatic carbocycles. The number of aromatic nitrogens is 1. The van der Waals surface area contributed by atoms with Gasteiger partial charge in [0.1, 0.15) is 0 Å². The van der Waals surface area contributed by atoms with Gasteiger partial charge in [-0.2, -0.15) is 0 Å². The Kier molecular flexibility index (Phi) is 2.97. The largest absolute Gasteiger partial charge is 0.379 e. The average Bonchev–Trinajstić information content (AvgIpc) is 2.61. The molecule has 78 valence electrons. The Bertz CT molecular complexity index is 448. The number of hydrogen-bond acceptors (Lipinski definition) is 1. The van der Waals surface area contributed by atoms with Crippen LogP contribution in [0.2, 0.25) is 5.02 Å². The van der Waals surface area contributed by atoms with Crippen molar-refractivity contribution in [3.63, 3.8) is 0 Å². The van der Waals surface area contributed by atoms with Crippen LogP contribution in [0.25, 0.3) is 0 Å². The molecule has 2 rings (SSSR count). The van der Waals surface area contributed by atoms with Gasteiger partial charge in [-0.1, -0.05) is 17.7 Å². The lowest BCUT2D eigenvalue weighted by atomic mass is 10.3. The highest BCUT2D eigenvalue weighted by Crippen LogP contribution is 2.15. The third kappa shape index (κ3) is 2.54. The molecule has 0 radical (unpaired) electrons. The van der Waals surface area contributed by atoms with E-state index < -0.39 is 0 Å². The minimum Gasteiger partial charge on any atom is -0.379 e. The van der Waals surface area contributed by atoms with E-state index in [2.05, 4.69) is 16.0 Å². The summed E-state index contributed by atoms with van der Waals surface area (Å²) in [6.07, 6.45) is 2.04. The SMILES string of the molecule is Cn1cccc1CNc1cccc(Cl)c1. The zero-order valence-electron chi connectivity index (χ0n) is 8.57. The molecule has 1 heterocycles. The number of rotatable bonds is 3. The van der Waals surface area contributed by atoms with E-state index in [9.17, 15) is 0 Å². The zero-order valence-corrected chi connectivity index (χ0v) is 9.33. The second-order valence-corrected chi connectivity index (χ2v) is 3.91. The average molecular weight is 221 g/mol. The summed E-state index contributed by atoms with van der Waals surface area (Å²) in [5, 5.41) is 4.08. The van der Waals surface area contributed by atoms with Gasteiger partial charge in [0.15, 0.2) is 0 Å². The van der Waals surface area contributed by atoms with Crippen molar-refractivity contribution in [3.05, 3.63) is 53.3 Å². The Morgan fingerprint density at radius 2 is 2.13 bits per heavy atom. The lowest BCUT2D eigenvalue weighted by Crippen LogP contribution is -2.03. The molecule has 0 aliphatic rings. The van der Waals surface area contributed by atoms with Gasteiger partial charge < -0.3 is 9.88 Å².